The van der Waals surface area contributed by atoms with E-state index >= 15 is 0 Å². The number of hydrogen-bond acceptors (Lipinski definition) is 6. The fourth-order valence-electron chi connectivity index (χ4n) is 3.82. The van der Waals surface area contributed by atoms with E-state index in [4.69, 9.17) is 4.74 Å². The van der Waals surface area contributed by atoms with Gasteiger partial charge in [-0.05, 0) is 29.8 Å². The summed E-state index contributed by atoms with van der Waals surface area (Å²) in [5, 5.41) is 9.75. The fourth-order valence-corrected chi connectivity index (χ4v) is 3.82. The zero-order valence-electron chi connectivity index (χ0n) is 16.9. The van der Waals surface area contributed by atoms with Gasteiger partial charge in [-0.1, -0.05) is 12.1 Å². The van der Waals surface area contributed by atoms with E-state index in [0.717, 1.165) is 30.0 Å². The number of benzene rings is 2. The number of morpholine rings is 1. The Morgan fingerprint density at radius 2 is 1.97 bits per heavy atom. The highest BCUT2D eigenvalue weighted by Gasteiger charge is 2.18. The first-order valence-corrected chi connectivity index (χ1v) is 10.00. The van der Waals surface area contributed by atoms with Crippen LogP contribution in [0.15, 0.2) is 53.6 Å². The molecule has 9 heteroatoms. The summed E-state index contributed by atoms with van der Waals surface area (Å²) in [6, 6.07) is 10.8. The van der Waals surface area contributed by atoms with Gasteiger partial charge in [0.25, 0.3) is 5.56 Å². The molecule has 2 aromatic heterocycles. The van der Waals surface area contributed by atoms with Gasteiger partial charge in [-0.3, -0.25) is 9.89 Å². The minimum Gasteiger partial charge on any atom is -0.378 e. The molecular formula is C22H21FN6O2. The van der Waals surface area contributed by atoms with Crippen molar-refractivity contribution in [1.82, 2.24) is 19.7 Å². The minimum atomic E-state index is -0.506. The van der Waals surface area contributed by atoms with Crippen LogP contribution in [-0.4, -0.2) is 46.1 Å². The van der Waals surface area contributed by atoms with Crippen molar-refractivity contribution < 1.29 is 9.13 Å². The van der Waals surface area contributed by atoms with Gasteiger partial charge < -0.3 is 19.5 Å². The molecule has 1 aliphatic rings. The summed E-state index contributed by atoms with van der Waals surface area (Å²) in [6.07, 6.45) is 3.27. The van der Waals surface area contributed by atoms with Gasteiger partial charge in [0.1, 0.15) is 5.52 Å². The molecule has 0 atom stereocenters. The van der Waals surface area contributed by atoms with Gasteiger partial charge in [0.05, 0.1) is 36.3 Å². The SMILES string of the molecule is Cn1c(=O)c(Nc2ccccc2N2CCOCC2)nc2c(F)cc(-c3cn[nH]c3)cc21. The highest BCUT2D eigenvalue weighted by molar-refractivity contribution is 5.84. The molecule has 1 aliphatic heterocycles. The Balaban J connectivity index is 1.58. The van der Waals surface area contributed by atoms with E-state index in [2.05, 4.69) is 25.4 Å². The molecule has 8 nitrogen and oxygen atoms in total. The molecule has 5 rings (SSSR count). The third-order valence-corrected chi connectivity index (χ3v) is 5.48. The van der Waals surface area contributed by atoms with Crippen molar-refractivity contribution in [2.24, 2.45) is 7.05 Å². The molecule has 0 spiro atoms. The molecule has 0 unspecified atom stereocenters. The average Bonchev–Trinajstić information content (AvgIpc) is 3.34. The molecule has 0 amide bonds. The predicted octanol–water partition coefficient (Wildman–Crippen LogP) is 3.04. The summed E-state index contributed by atoms with van der Waals surface area (Å²) in [5.74, 6) is -0.431. The number of aromatic nitrogens is 4. The number of aryl methyl sites for hydroxylation is 1. The van der Waals surface area contributed by atoms with E-state index in [1.165, 1.54) is 10.6 Å². The van der Waals surface area contributed by atoms with E-state index in [0.29, 0.717) is 24.3 Å². The van der Waals surface area contributed by atoms with Crippen LogP contribution in [0.25, 0.3) is 22.2 Å². The molecule has 3 heterocycles. The van der Waals surface area contributed by atoms with Gasteiger partial charge in [-0.2, -0.15) is 5.10 Å². The van der Waals surface area contributed by atoms with Crippen molar-refractivity contribution in [2.75, 3.05) is 36.5 Å². The summed E-state index contributed by atoms with van der Waals surface area (Å²) < 4.78 is 21.8. The second-order valence-electron chi connectivity index (χ2n) is 7.38. The lowest BCUT2D eigenvalue weighted by Gasteiger charge is -2.30. The molecule has 0 bridgehead atoms. The molecule has 158 valence electrons. The monoisotopic (exact) mass is 420 g/mol. The first-order chi connectivity index (χ1) is 15.1. The average molecular weight is 420 g/mol. The van der Waals surface area contributed by atoms with Gasteiger partial charge in [-0.15, -0.1) is 0 Å². The van der Waals surface area contributed by atoms with E-state index in [1.807, 2.05) is 24.3 Å². The molecule has 1 saturated heterocycles. The van der Waals surface area contributed by atoms with Crippen molar-refractivity contribution >= 4 is 28.2 Å². The Morgan fingerprint density at radius 3 is 2.74 bits per heavy atom. The summed E-state index contributed by atoms with van der Waals surface area (Å²) in [6.45, 7) is 2.81. The summed E-state index contributed by atoms with van der Waals surface area (Å²) in [4.78, 5) is 19.6. The highest BCUT2D eigenvalue weighted by atomic mass is 19.1. The molecule has 2 aromatic carbocycles. The topological polar surface area (TPSA) is 88.1 Å². The number of para-hydroxylation sites is 2. The van der Waals surface area contributed by atoms with Crippen molar-refractivity contribution in [2.45, 2.75) is 0 Å². The number of aromatic amines is 1. The minimum absolute atomic E-state index is 0.0747. The third-order valence-electron chi connectivity index (χ3n) is 5.48. The number of H-pyrrole nitrogens is 1. The molecular weight excluding hydrogens is 399 g/mol. The molecule has 0 radical (unpaired) electrons. The Morgan fingerprint density at radius 1 is 1.16 bits per heavy atom. The number of halogens is 1. The maximum Gasteiger partial charge on any atom is 0.293 e. The maximum absolute atomic E-state index is 15.0. The van der Waals surface area contributed by atoms with Crippen LogP contribution < -0.4 is 15.8 Å². The quantitative estimate of drug-likeness (QED) is 0.528. The number of rotatable bonds is 4. The van der Waals surface area contributed by atoms with Gasteiger partial charge in [0.15, 0.2) is 11.6 Å². The van der Waals surface area contributed by atoms with Crippen LogP contribution in [0, 0.1) is 5.82 Å². The number of hydrogen-bond donors (Lipinski definition) is 2. The number of fused-ring (bicyclic) bond motifs is 1. The summed E-state index contributed by atoms with van der Waals surface area (Å²) in [5.41, 5.74) is 3.24. The zero-order valence-corrected chi connectivity index (χ0v) is 16.9. The Labute approximate surface area is 177 Å². The highest BCUT2D eigenvalue weighted by Crippen LogP contribution is 2.29. The Kier molecular flexibility index (Phi) is 4.87. The lowest BCUT2D eigenvalue weighted by Crippen LogP contribution is -2.36. The number of nitrogens with one attached hydrogen (secondary N) is 2. The molecule has 0 saturated carbocycles. The Bertz CT molecular complexity index is 1300. The maximum atomic E-state index is 15.0. The Hall–Kier alpha value is -3.72. The van der Waals surface area contributed by atoms with E-state index in [-0.39, 0.29) is 16.9 Å². The molecule has 2 N–H and O–H groups in total. The lowest BCUT2D eigenvalue weighted by atomic mass is 10.1. The smallest absolute Gasteiger partial charge is 0.293 e. The van der Waals surface area contributed by atoms with Crippen LogP contribution in [0.3, 0.4) is 0 Å². The van der Waals surface area contributed by atoms with Gasteiger partial charge in [0, 0.05) is 31.9 Å². The number of ether oxygens (including phenoxy) is 1. The van der Waals surface area contributed by atoms with Crippen LogP contribution in [0.4, 0.5) is 21.6 Å². The predicted molar refractivity (Wildman–Crippen MR) is 117 cm³/mol. The van der Waals surface area contributed by atoms with Crippen LogP contribution >= 0.6 is 0 Å². The molecule has 1 fully saturated rings. The lowest BCUT2D eigenvalue weighted by molar-refractivity contribution is 0.123. The zero-order chi connectivity index (χ0) is 21.4. The molecule has 4 aromatic rings. The van der Waals surface area contributed by atoms with Crippen LogP contribution in [-0.2, 0) is 11.8 Å². The van der Waals surface area contributed by atoms with Crippen LogP contribution in [0.2, 0.25) is 0 Å². The number of nitrogens with zero attached hydrogens (tertiary/aromatic N) is 4. The largest absolute Gasteiger partial charge is 0.378 e. The van der Waals surface area contributed by atoms with E-state index in [9.17, 15) is 9.18 Å². The van der Waals surface area contributed by atoms with E-state index in [1.54, 1.807) is 25.5 Å². The number of anilines is 3. The summed E-state index contributed by atoms with van der Waals surface area (Å²) in [7, 11) is 1.62. The van der Waals surface area contributed by atoms with Gasteiger partial charge >= 0.3 is 0 Å². The summed E-state index contributed by atoms with van der Waals surface area (Å²) >= 11 is 0. The van der Waals surface area contributed by atoms with Crippen molar-refractivity contribution in [3.8, 4) is 11.1 Å². The van der Waals surface area contributed by atoms with Crippen molar-refractivity contribution in [3.05, 3.63) is 65.0 Å². The first kappa shape index (κ1) is 19.3. The normalized spacial score (nSPS) is 14.2. The second-order valence-corrected chi connectivity index (χ2v) is 7.38. The standard InChI is InChI=1S/C22H21FN6O2/c1-28-19-11-14(15-12-24-25-13-15)10-16(23)20(19)27-21(22(28)30)26-17-4-2-3-5-18(17)29-6-8-31-9-7-29/h2-5,10-13H,6-9H2,1H3,(H,24,25)(H,26,27). The fraction of sp³-hybridized carbons (Fsp3) is 0.227. The van der Waals surface area contributed by atoms with Crippen LogP contribution in [0.1, 0.15) is 0 Å². The van der Waals surface area contributed by atoms with Gasteiger partial charge in [0.2, 0.25) is 0 Å². The molecule has 31 heavy (non-hydrogen) atoms. The third kappa shape index (κ3) is 3.53. The molecule has 0 aliphatic carbocycles. The van der Waals surface area contributed by atoms with Crippen molar-refractivity contribution in [3.63, 3.8) is 0 Å². The van der Waals surface area contributed by atoms with Crippen LogP contribution in [0.5, 0.6) is 0 Å². The van der Waals surface area contributed by atoms with Gasteiger partial charge in [-0.25, -0.2) is 9.37 Å². The first-order valence-electron chi connectivity index (χ1n) is 10.00. The second kappa shape index (κ2) is 7.84. The van der Waals surface area contributed by atoms with Crippen molar-refractivity contribution in [1.29, 1.82) is 0 Å². The van der Waals surface area contributed by atoms with E-state index < -0.39 is 5.82 Å².